The highest BCUT2D eigenvalue weighted by atomic mass is 35.5. The maximum Gasteiger partial charge on any atom is 0.142 e. The molecule has 1 aromatic carbocycles. The molecule has 1 heterocycles. The van der Waals surface area contributed by atoms with E-state index < -0.39 is 5.82 Å². The number of hydrogen-bond donors (Lipinski definition) is 1. The summed E-state index contributed by atoms with van der Waals surface area (Å²) in [5.41, 5.74) is 0.695. The van der Waals surface area contributed by atoms with E-state index in [0.29, 0.717) is 5.56 Å². The fraction of sp³-hybridized carbons (Fsp3) is 0.308. The minimum atomic E-state index is -0.413. The van der Waals surface area contributed by atoms with Crippen LogP contribution in [0.1, 0.15) is 24.4 Å². The Bertz CT molecular complexity index is 539. The van der Waals surface area contributed by atoms with Crippen molar-refractivity contribution in [2.24, 2.45) is 0 Å². The molecule has 2 rings (SSSR count). The third-order valence-electron chi connectivity index (χ3n) is 2.93. The zero-order chi connectivity index (χ0) is 13.1. The molecule has 1 aromatic heterocycles. The molecular formula is C13H15ClFN3. The predicted molar refractivity (Wildman–Crippen MR) is 70.2 cm³/mol. The van der Waals surface area contributed by atoms with E-state index in [1.165, 1.54) is 6.07 Å². The van der Waals surface area contributed by atoms with E-state index in [-0.39, 0.29) is 11.1 Å². The van der Waals surface area contributed by atoms with Gasteiger partial charge in [0.1, 0.15) is 11.6 Å². The van der Waals surface area contributed by atoms with Crippen molar-refractivity contribution in [2.45, 2.75) is 19.5 Å². The number of nitrogens with zero attached hydrogens (tertiary/aromatic N) is 2. The van der Waals surface area contributed by atoms with Crippen LogP contribution in [-0.4, -0.2) is 16.6 Å². The Morgan fingerprint density at radius 2 is 2.28 bits per heavy atom. The molecule has 1 atom stereocenters. The largest absolute Gasteiger partial charge is 0.334 e. The number of aromatic nitrogens is 2. The van der Waals surface area contributed by atoms with Crippen LogP contribution in [-0.2, 0) is 6.54 Å². The molecule has 1 N–H and O–H groups in total. The number of nitrogens with one attached hydrogen (secondary N) is 1. The first-order chi connectivity index (χ1) is 8.69. The number of hydrogen-bond acceptors (Lipinski definition) is 2. The number of benzene rings is 1. The first kappa shape index (κ1) is 13.1. The van der Waals surface area contributed by atoms with Gasteiger partial charge in [-0.1, -0.05) is 23.7 Å². The van der Waals surface area contributed by atoms with Crippen molar-refractivity contribution in [1.29, 1.82) is 0 Å². The molecule has 0 radical (unpaired) electrons. The summed E-state index contributed by atoms with van der Waals surface area (Å²) in [5, 5.41) is 3.27. The zero-order valence-electron chi connectivity index (χ0n) is 10.3. The molecule has 3 nitrogen and oxygen atoms in total. The summed E-state index contributed by atoms with van der Waals surface area (Å²) in [6, 6.07) is 4.59. The van der Waals surface area contributed by atoms with Crippen LogP contribution in [0.5, 0.6) is 0 Å². The SMILES string of the molecule is CCn1ccnc1C(NC)c1cccc(F)c1Cl. The van der Waals surface area contributed by atoms with Gasteiger partial charge < -0.3 is 9.88 Å². The minimum Gasteiger partial charge on any atom is -0.334 e. The molecule has 0 bridgehead atoms. The molecule has 96 valence electrons. The van der Waals surface area contributed by atoms with Crippen molar-refractivity contribution in [2.75, 3.05) is 7.05 Å². The summed E-state index contributed by atoms with van der Waals surface area (Å²) in [4.78, 5) is 4.32. The molecule has 18 heavy (non-hydrogen) atoms. The molecular weight excluding hydrogens is 253 g/mol. The van der Waals surface area contributed by atoms with E-state index >= 15 is 0 Å². The van der Waals surface area contributed by atoms with Crippen molar-refractivity contribution in [3.8, 4) is 0 Å². The highest BCUT2D eigenvalue weighted by molar-refractivity contribution is 6.31. The zero-order valence-corrected chi connectivity index (χ0v) is 11.1. The van der Waals surface area contributed by atoms with Crippen LogP contribution >= 0.6 is 11.6 Å². The van der Waals surface area contributed by atoms with E-state index in [9.17, 15) is 4.39 Å². The van der Waals surface area contributed by atoms with Gasteiger partial charge in [0.15, 0.2) is 0 Å². The summed E-state index contributed by atoms with van der Waals surface area (Å²) in [6.07, 6.45) is 3.63. The standard InChI is InChI=1S/C13H15ClFN3/c1-3-18-8-7-17-13(18)12(16-2)9-5-4-6-10(15)11(9)14/h4-8,12,16H,3H2,1-2H3. The van der Waals surface area contributed by atoms with Crippen molar-refractivity contribution in [1.82, 2.24) is 14.9 Å². The van der Waals surface area contributed by atoms with Gasteiger partial charge in [-0.05, 0) is 25.6 Å². The van der Waals surface area contributed by atoms with E-state index in [0.717, 1.165) is 12.4 Å². The number of halogens is 2. The van der Waals surface area contributed by atoms with Crippen LogP contribution in [0, 0.1) is 5.82 Å². The van der Waals surface area contributed by atoms with E-state index in [4.69, 9.17) is 11.6 Å². The normalized spacial score (nSPS) is 12.7. The van der Waals surface area contributed by atoms with Gasteiger partial charge >= 0.3 is 0 Å². The lowest BCUT2D eigenvalue weighted by Crippen LogP contribution is -2.22. The van der Waals surface area contributed by atoms with Gasteiger partial charge in [-0.15, -0.1) is 0 Å². The number of imidazole rings is 1. The molecule has 5 heteroatoms. The van der Waals surface area contributed by atoms with Crippen LogP contribution in [0.15, 0.2) is 30.6 Å². The molecule has 0 amide bonds. The molecule has 0 aliphatic carbocycles. The Hall–Kier alpha value is -1.39. The lowest BCUT2D eigenvalue weighted by molar-refractivity contribution is 0.580. The molecule has 0 saturated carbocycles. The summed E-state index contributed by atoms with van der Waals surface area (Å²) in [7, 11) is 1.81. The van der Waals surface area contributed by atoms with Gasteiger partial charge in [-0.25, -0.2) is 9.37 Å². The van der Waals surface area contributed by atoms with Gasteiger partial charge in [0, 0.05) is 18.9 Å². The molecule has 0 fully saturated rings. The molecule has 0 aliphatic rings. The summed E-state index contributed by atoms with van der Waals surface area (Å²) in [6.45, 7) is 2.84. The Kier molecular flexibility index (Phi) is 3.99. The maximum atomic E-state index is 13.5. The first-order valence-corrected chi connectivity index (χ1v) is 6.19. The average Bonchev–Trinajstić information content (AvgIpc) is 2.83. The Balaban J connectivity index is 2.49. The number of rotatable bonds is 4. The Labute approximate surface area is 111 Å². The first-order valence-electron chi connectivity index (χ1n) is 5.81. The smallest absolute Gasteiger partial charge is 0.142 e. The van der Waals surface area contributed by atoms with Gasteiger partial charge in [0.05, 0.1) is 11.1 Å². The molecule has 1 unspecified atom stereocenters. The highest BCUT2D eigenvalue weighted by Gasteiger charge is 2.20. The lowest BCUT2D eigenvalue weighted by Gasteiger charge is -2.18. The van der Waals surface area contributed by atoms with Crippen LogP contribution in [0.3, 0.4) is 0 Å². The topological polar surface area (TPSA) is 29.9 Å². The molecule has 0 spiro atoms. The van der Waals surface area contributed by atoms with Gasteiger partial charge in [0.25, 0.3) is 0 Å². The highest BCUT2D eigenvalue weighted by Crippen LogP contribution is 2.29. The minimum absolute atomic E-state index is 0.141. The second-order valence-electron chi connectivity index (χ2n) is 3.94. The fourth-order valence-corrected chi connectivity index (χ4v) is 2.25. The van der Waals surface area contributed by atoms with Crippen molar-refractivity contribution < 1.29 is 4.39 Å². The average molecular weight is 268 g/mol. The second kappa shape index (κ2) is 5.50. The van der Waals surface area contributed by atoms with Gasteiger partial charge in [-0.3, -0.25) is 0 Å². The molecule has 0 saturated heterocycles. The lowest BCUT2D eigenvalue weighted by atomic mass is 10.1. The van der Waals surface area contributed by atoms with Crippen molar-refractivity contribution >= 4 is 11.6 Å². The van der Waals surface area contributed by atoms with Gasteiger partial charge in [0.2, 0.25) is 0 Å². The van der Waals surface area contributed by atoms with E-state index in [1.54, 1.807) is 25.4 Å². The third kappa shape index (κ3) is 2.26. The second-order valence-corrected chi connectivity index (χ2v) is 4.31. The van der Waals surface area contributed by atoms with Gasteiger partial charge in [-0.2, -0.15) is 0 Å². The van der Waals surface area contributed by atoms with Crippen LogP contribution in [0.4, 0.5) is 4.39 Å². The Morgan fingerprint density at radius 1 is 1.50 bits per heavy atom. The Morgan fingerprint density at radius 3 is 2.94 bits per heavy atom. The van der Waals surface area contributed by atoms with Crippen LogP contribution in [0.2, 0.25) is 5.02 Å². The predicted octanol–water partition coefficient (Wildman–Crippen LogP) is 3.00. The fourth-order valence-electron chi connectivity index (χ4n) is 2.02. The summed E-state index contributed by atoms with van der Waals surface area (Å²) >= 11 is 6.03. The summed E-state index contributed by atoms with van der Waals surface area (Å²) in [5.74, 6) is 0.413. The summed E-state index contributed by atoms with van der Waals surface area (Å²) < 4.78 is 15.5. The van der Waals surface area contributed by atoms with E-state index in [2.05, 4.69) is 10.3 Å². The molecule has 0 aliphatic heterocycles. The van der Waals surface area contributed by atoms with Crippen LogP contribution in [0.25, 0.3) is 0 Å². The van der Waals surface area contributed by atoms with Crippen molar-refractivity contribution in [3.63, 3.8) is 0 Å². The number of aryl methyl sites for hydroxylation is 1. The van der Waals surface area contributed by atoms with Crippen molar-refractivity contribution in [3.05, 3.63) is 52.8 Å². The quantitative estimate of drug-likeness (QED) is 0.923. The van der Waals surface area contributed by atoms with E-state index in [1.807, 2.05) is 17.7 Å². The maximum absolute atomic E-state index is 13.5. The van der Waals surface area contributed by atoms with Crippen LogP contribution < -0.4 is 5.32 Å². The molecule has 2 aromatic rings. The third-order valence-corrected chi connectivity index (χ3v) is 3.33. The monoisotopic (exact) mass is 267 g/mol.